The van der Waals surface area contributed by atoms with Crippen molar-refractivity contribution in [3.63, 3.8) is 0 Å². The van der Waals surface area contributed by atoms with Crippen molar-refractivity contribution in [2.45, 2.75) is 78.1 Å². The first-order valence-corrected chi connectivity index (χ1v) is 8.29. The molecule has 0 fully saturated rings. The third-order valence-corrected chi connectivity index (χ3v) is 4.38. The van der Waals surface area contributed by atoms with Crippen molar-refractivity contribution >= 4 is 6.29 Å². The fourth-order valence-electron chi connectivity index (χ4n) is 2.99. The Morgan fingerprint density at radius 2 is 1.75 bits per heavy atom. The zero-order valence-electron chi connectivity index (χ0n) is 13.5. The molecule has 1 atom stereocenters. The molecule has 1 rings (SSSR count). The first-order valence-electron chi connectivity index (χ1n) is 8.29. The molecule has 1 aromatic carbocycles. The molecule has 0 aromatic heterocycles. The molecule has 1 heteroatoms. The van der Waals surface area contributed by atoms with Gasteiger partial charge < -0.3 is 0 Å². The van der Waals surface area contributed by atoms with Crippen LogP contribution in [0.2, 0.25) is 0 Å². The van der Waals surface area contributed by atoms with E-state index in [1.54, 1.807) is 0 Å². The summed E-state index contributed by atoms with van der Waals surface area (Å²) in [5, 5.41) is 0. The summed E-state index contributed by atoms with van der Waals surface area (Å²) in [6.45, 7) is 6.60. The SMILES string of the molecule is CCCCCCCCC(CC)c1cccc(C=O)c1C. The summed E-state index contributed by atoms with van der Waals surface area (Å²) in [6.07, 6.45) is 11.5. The molecular weight excluding hydrogens is 244 g/mol. The van der Waals surface area contributed by atoms with Crippen LogP contribution in [0.1, 0.15) is 92.6 Å². The number of hydrogen-bond acceptors (Lipinski definition) is 1. The van der Waals surface area contributed by atoms with E-state index in [4.69, 9.17) is 0 Å². The third-order valence-electron chi connectivity index (χ3n) is 4.38. The summed E-state index contributed by atoms with van der Waals surface area (Å²) >= 11 is 0. The lowest BCUT2D eigenvalue weighted by atomic mass is 9.86. The molecule has 0 radical (unpaired) electrons. The molecule has 0 aliphatic carbocycles. The summed E-state index contributed by atoms with van der Waals surface area (Å²) in [7, 11) is 0. The van der Waals surface area contributed by atoms with Crippen molar-refractivity contribution in [1.29, 1.82) is 0 Å². The smallest absolute Gasteiger partial charge is 0.150 e. The lowest BCUT2D eigenvalue weighted by Crippen LogP contribution is -2.02. The van der Waals surface area contributed by atoms with Crippen LogP contribution in [0, 0.1) is 6.92 Å². The van der Waals surface area contributed by atoms with Crippen LogP contribution in [-0.4, -0.2) is 6.29 Å². The highest BCUT2D eigenvalue weighted by molar-refractivity contribution is 5.77. The Balaban J connectivity index is 2.52. The second-order valence-corrected chi connectivity index (χ2v) is 5.84. The monoisotopic (exact) mass is 274 g/mol. The van der Waals surface area contributed by atoms with Gasteiger partial charge in [-0.05, 0) is 36.8 Å². The van der Waals surface area contributed by atoms with Gasteiger partial charge in [-0.15, -0.1) is 0 Å². The van der Waals surface area contributed by atoms with Gasteiger partial charge in [0, 0.05) is 5.56 Å². The number of benzene rings is 1. The first-order chi connectivity index (χ1) is 9.74. The van der Waals surface area contributed by atoms with Crippen molar-refractivity contribution in [1.82, 2.24) is 0 Å². The third kappa shape index (κ3) is 5.11. The molecule has 0 aliphatic rings. The molecule has 1 unspecified atom stereocenters. The molecule has 20 heavy (non-hydrogen) atoms. The minimum absolute atomic E-state index is 0.612. The number of unbranched alkanes of at least 4 members (excludes halogenated alkanes) is 5. The number of carbonyl (C=O) groups excluding carboxylic acids is 1. The Hall–Kier alpha value is -1.11. The summed E-state index contributed by atoms with van der Waals surface area (Å²) < 4.78 is 0. The van der Waals surface area contributed by atoms with Crippen molar-refractivity contribution < 1.29 is 4.79 Å². The molecule has 1 nitrogen and oxygen atoms in total. The fourth-order valence-corrected chi connectivity index (χ4v) is 2.99. The highest BCUT2D eigenvalue weighted by Crippen LogP contribution is 2.29. The van der Waals surface area contributed by atoms with Gasteiger partial charge in [-0.25, -0.2) is 0 Å². The fraction of sp³-hybridized carbons (Fsp3) is 0.632. The van der Waals surface area contributed by atoms with E-state index < -0.39 is 0 Å². The van der Waals surface area contributed by atoms with Crippen LogP contribution in [0.15, 0.2) is 18.2 Å². The molecule has 0 amide bonds. The van der Waals surface area contributed by atoms with Gasteiger partial charge >= 0.3 is 0 Å². The van der Waals surface area contributed by atoms with Gasteiger partial charge in [0.2, 0.25) is 0 Å². The van der Waals surface area contributed by atoms with E-state index in [0.29, 0.717) is 5.92 Å². The topological polar surface area (TPSA) is 17.1 Å². The molecular formula is C19H30O. The minimum Gasteiger partial charge on any atom is -0.298 e. The van der Waals surface area contributed by atoms with Crippen LogP contribution in [0.3, 0.4) is 0 Å². The average molecular weight is 274 g/mol. The summed E-state index contributed by atoms with van der Waals surface area (Å²) in [5.41, 5.74) is 3.41. The quantitative estimate of drug-likeness (QED) is 0.375. The Labute approximate surface area is 124 Å². The van der Waals surface area contributed by atoms with Crippen molar-refractivity contribution in [3.8, 4) is 0 Å². The van der Waals surface area contributed by atoms with Crippen molar-refractivity contribution in [2.75, 3.05) is 0 Å². The summed E-state index contributed by atoms with van der Waals surface area (Å²) in [5.74, 6) is 0.612. The van der Waals surface area contributed by atoms with Crippen LogP contribution in [0.25, 0.3) is 0 Å². The molecule has 112 valence electrons. The van der Waals surface area contributed by atoms with Gasteiger partial charge in [-0.3, -0.25) is 4.79 Å². The van der Waals surface area contributed by atoms with E-state index in [-0.39, 0.29) is 0 Å². The minimum atomic E-state index is 0.612. The van der Waals surface area contributed by atoms with Crippen LogP contribution in [-0.2, 0) is 0 Å². The van der Waals surface area contributed by atoms with E-state index in [9.17, 15) is 4.79 Å². The lowest BCUT2D eigenvalue weighted by molar-refractivity contribution is 0.112. The van der Waals surface area contributed by atoms with Gasteiger partial charge in [-0.1, -0.05) is 70.6 Å². The van der Waals surface area contributed by atoms with E-state index in [0.717, 1.165) is 18.3 Å². The van der Waals surface area contributed by atoms with E-state index in [1.165, 1.54) is 56.1 Å². The van der Waals surface area contributed by atoms with Crippen LogP contribution >= 0.6 is 0 Å². The molecule has 0 heterocycles. The molecule has 0 spiro atoms. The van der Waals surface area contributed by atoms with Crippen molar-refractivity contribution in [3.05, 3.63) is 34.9 Å². The van der Waals surface area contributed by atoms with Gasteiger partial charge in [0.1, 0.15) is 6.29 Å². The Morgan fingerprint density at radius 3 is 2.40 bits per heavy atom. The number of hydrogen-bond donors (Lipinski definition) is 0. The zero-order chi connectivity index (χ0) is 14.8. The highest BCUT2D eigenvalue weighted by atomic mass is 16.1. The standard InChI is InChI=1S/C19H30O/c1-4-6-7-8-9-10-12-17(5-2)19-14-11-13-18(15-20)16(19)3/h11,13-15,17H,4-10,12H2,1-3H3. The van der Waals surface area contributed by atoms with Crippen LogP contribution < -0.4 is 0 Å². The Morgan fingerprint density at radius 1 is 1.05 bits per heavy atom. The Kier molecular flexibility index (Phi) is 8.25. The van der Waals surface area contributed by atoms with Gasteiger partial charge in [0.15, 0.2) is 0 Å². The first kappa shape index (κ1) is 16.9. The molecule has 0 saturated carbocycles. The van der Waals surface area contributed by atoms with Gasteiger partial charge in [0.05, 0.1) is 0 Å². The molecule has 1 aromatic rings. The summed E-state index contributed by atoms with van der Waals surface area (Å²) in [6, 6.07) is 6.15. The number of rotatable bonds is 10. The Bertz CT molecular complexity index is 395. The van der Waals surface area contributed by atoms with Crippen LogP contribution in [0.4, 0.5) is 0 Å². The molecule has 0 N–H and O–H groups in total. The van der Waals surface area contributed by atoms with Crippen molar-refractivity contribution in [2.24, 2.45) is 0 Å². The molecule has 0 saturated heterocycles. The molecule has 0 aliphatic heterocycles. The second kappa shape index (κ2) is 9.74. The highest BCUT2D eigenvalue weighted by Gasteiger charge is 2.13. The second-order valence-electron chi connectivity index (χ2n) is 5.84. The van der Waals surface area contributed by atoms with E-state index in [2.05, 4.69) is 26.8 Å². The number of carbonyl (C=O) groups is 1. The largest absolute Gasteiger partial charge is 0.298 e. The predicted molar refractivity (Wildman–Crippen MR) is 87.6 cm³/mol. The molecule has 0 bridgehead atoms. The normalized spacial score (nSPS) is 12.3. The van der Waals surface area contributed by atoms with Gasteiger partial charge in [0.25, 0.3) is 0 Å². The maximum Gasteiger partial charge on any atom is 0.150 e. The van der Waals surface area contributed by atoms with Gasteiger partial charge in [-0.2, -0.15) is 0 Å². The maximum atomic E-state index is 11.1. The zero-order valence-corrected chi connectivity index (χ0v) is 13.5. The summed E-state index contributed by atoms with van der Waals surface area (Å²) in [4.78, 5) is 11.1. The van der Waals surface area contributed by atoms with E-state index in [1.807, 2.05) is 12.1 Å². The van der Waals surface area contributed by atoms with Crippen LogP contribution in [0.5, 0.6) is 0 Å². The number of aldehydes is 1. The predicted octanol–water partition coefficient (Wildman–Crippen LogP) is 6.05. The lowest BCUT2D eigenvalue weighted by Gasteiger charge is -2.18. The van der Waals surface area contributed by atoms with E-state index >= 15 is 0 Å². The average Bonchev–Trinajstić information content (AvgIpc) is 2.47. The maximum absolute atomic E-state index is 11.1.